The third-order valence-electron chi connectivity index (χ3n) is 1.77. The molecule has 1 N–H and O–H groups in total. The Balaban J connectivity index is 4.49. The molecule has 0 fully saturated rings. The van der Waals surface area contributed by atoms with Gasteiger partial charge in [0.2, 0.25) is 5.91 Å². The number of carbonyl (C=O) groups is 2. The van der Waals surface area contributed by atoms with E-state index in [0.717, 1.165) is 0 Å². The molecule has 0 aromatic carbocycles. The van der Waals surface area contributed by atoms with Gasteiger partial charge in [-0.1, -0.05) is 20.8 Å². The molecule has 0 unspecified atom stereocenters. The highest BCUT2D eigenvalue weighted by Crippen LogP contribution is 2.18. The molecule has 0 radical (unpaired) electrons. The van der Waals surface area contributed by atoms with Gasteiger partial charge >= 0.3 is 0 Å². The normalized spacial score (nSPS) is 13.5. The maximum absolute atomic E-state index is 11.9. The summed E-state index contributed by atoms with van der Waals surface area (Å²) in [5, 5.41) is 2.68. The van der Waals surface area contributed by atoms with Crippen LogP contribution in [0.3, 0.4) is 0 Å². The smallest absolute Gasteiger partial charge is 0.217 e. The molecule has 0 saturated heterocycles. The van der Waals surface area contributed by atoms with E-state index in [1.807, 2.05) is 27.0 Å². The zero-order valence-electron chi connectivity index (χ0n) is 9.51. The van der Waals surface area contributed by atoms with E-state index in [0.29, 0.717) is 5.75 Å². The molecule has 0 heterocycles. The highest BCUT2D eigenvalue weighted by atomic mass is 32.2. The monoisotopic (exact) mass is 217 g/mol. The summed E-state index contributed by atoms with van der Waals surface area (Å²) in [7, 11) is 0. The lowest BCUT2D eigenvalue weighted by Crippen LogP contribution is -2.46. The summed E-state index contributed by atoms with van der Waals surface area (Å²) in [6.07, 6.45) is 1.92. The number of hydrogen-bond donors (Lipinski definition) is 1. The molecule has 0 aliphatic carbocycles. The Bertz CT molecular complexity index is 221. The van der Waals surface area contributed by atoms with Crippen LogP contribution in [-0.2, 0) is 9.59 Å². The number of Topliss-reactive ketones (excluding diaryl/α,β-unsaturated/α-hetero) is 1. The molecule has 4 heteroatoms. The second kappa shape index (κ2) is 5.39. The SMILES string of the molecule is CSC[C@@H](NC(C)=O)C(=O)C(C)(C)C. The lowest BCUT2D eigenvalue weighted by molar-refractivity contribution is -0.131. The predicted octanol–water partition coefficient (Wildman–Crippen LogP) is 1.47. The molecule has 14 heavy (non-hydrogen) atoms. The number of amides is 1. The van der Waals surface area contributed by atoms with Gasteiger partial charge in [0.1, 0.15) is 0 Å². The zero-order chi connectivity index (χ0) is 11.4. The maximum Gasteiger partial charge on any atom is 0.217 e. The van der Waals surface area contributed by atoms with Crippen LogP contribution < -0.4 is 5.32 Å². The average Bonchev–Trinajstić information content (AvgIpc) is 2.00. The van der Waals surface area contributed by atoms with Crippen LogP contribution in [-0.4, -0.2) is 29.7 Å². The third kappa shape index (κ3) is 4.65. The largest absolute Gasteiger partial charge is 0.346 e. The number of thioether (sulfide) groups is 1. The van der Waals surface area contributed by atoms with Crippen LogP contribution in [0.25, 0.3) is 0 Å². The Morgan fingerprint density at radius 1 is 1.36 bits per heavy atom. The van der Waals surface area contributed by atoms with Crippen molar-refractivity contribution in [2.45, 2.75) is 33.7 Å². The first-order valence-corrected chi connectivity index (χ1v) is 5.98. The Kier molecular flexibility index (Phi) is 5.19. The molecule has 0 aliphatic rings. The summed E-state index contributed by atoms with van der Waals surface area (Å²) in [6.45, 7) is 7.03. The van der Waals surface area contributed by atoms with E-state index in [4.69, 9.17) is 0 Å². The fourth-order valence-corrected chi connectivity index (χ4v) is 1.69. The molecule has 0 aromatic rings. The first kappa shape index (κ1) is 13.5. The molecule has 3 nitrogen and oxygen atoms in total. The molecule has 0 saturated carbocycles. The van der Waals surface area contributed by atoms with Crippen LogP contribution in [0, 0.1) is 5.41 Å². The lowest BCUT2D eigenvalue weighted by Gasteiger charge is -2.24. The number of hydrogen-bond acceptors (Lipinski definition) is 3. The third-order valence-corrected chi connectivity index (χ3v) is 2.43. The second-order valence-corrected chi connectivity index (χ2v) is 5.23. The summed E-state index contributed by atoms with van der Waals surface area (Å²) in [5.41, 5.74) is -0.400. The fourth-order valence-electron chi connectivity index (χ4n) is 1.12. The van der Waals surface area contributed by atoms with Gasteiger partial charge in [0.05, 0.1) is 6.04 Å². The van der Waals surface area contributed by atoms with E-state index in [9.17, 15) is 9.59 Å². The molecule has 0 bridgehead atoms. The number of ketones is 1. The first-order valence-electron chi connectivity index (χ1n) is 4.59. The maximum atomic E-state index is 11.9. The standard InChI is InChI=1S/C10H19NO2S/c1-7(12)11-8(6-14-5)9(13)10(2,3)4/h8H,6H2,1-5H3,(H,11,12)/t8-/m1/s1. The van der Waals surface area contributed by atoms with Crippen molar-refractivity contribution < 1.29 is 9.59 Å². The van der Waals surface area contributed by atoms with Gasteiger partial charge in [-0.05, 0) is 6.26 Å². The van der Waals surface area contributed by atoms with Crippen molar-refractivity contribution in [1.82, 2.24) is 5.32 Å². The van der Waals surface area contributed by atoms with E-state index in [2.05, 4.69) is 5.32 Å². The van der Waals surface area contributed by atoms with Crippen molar-refractivity contribution >= 4 is 23.5 Å². The molecular formula is C10H19NO2S. The van der Waals surface area contributed by atoms with Gasteiger partial charge in [-0.3, -0.25) is 9.59 Å². The molecule has 1 atom stereocenters. The van der Waals surface area contributed by atoms with Crippen molar-refractivity contribution in [3.8, 4) is 0 Å². The minimum atomic E-state index is -0.400. The minimum absolute atomic E-state index is 0.0852. The van der Waals surface area contributed by atoms with E-state index >= 15 is 0 Å². The Hall–Kier alpha value is -0.510. The zero-order valence-corrected chi connectivity index (χ0v) is 10.3. The second-order valence-electron chi connectivity index (χ2n) is 4.32. The predicted molar refractivity (Wildman–Crippen MR) is 60.4 cm³/mol. The van der Waals surface area contributed by atoms with Gasteiger partial charge in [0.15, 0.2) is 5.78 Å². The van der Waals surface area contributed by atoms with Crippen LogP contribution in [0.2, 0.25) is 0 Å². The van der Waals surface area contributed by atoms with E-state index in [1.165, 1.54) is 6.92 Å². The molecule has 1 amide bonds. The highest BCUT2D eigenvalue weighted by Gasteiger charge is 2.29. The van der Waals surface area contributed by atoms with Crippen LogP contribution in [0.15, 0.2) is 0 Å². The molecule has 82 valence electrons. The van der Waals surface area contributed by atoms with Crippen molar-refractivity contribution in [3.05, 3.63) is 0 Å². The Morgan fingerprint density at radius 3 is 2.14 bits per heavy atom. The average molecular weight is 217 g/mol. The van der Waals surface area contributed by atoms with Crippen LogP contribution in [0.1, 0.15) is 27.7 Å². The Morgan fingerprint density at radius 2 is 1.86 bits per heavy atom. The summed E-state index contributed by atoms with van der Waals surface area (Å²) in [6, 6.07) is -0.359. The van der Waals surface area contributed by atoms with Crippen LogP contribution in [0.4, 0.5) is 0 Å². The van der Waals surface area contributed by atoms with Crippen molar-refractivity contribution in [3.63, 3.8) is 0 Å². The summed E-state index contributed by atoms with van der Waals surface area (Å²) in [4.78, 5) is 22.7. The molecular weight excluding hydrogens is 198 g/mol. The number of rotatable bonds is 4. The quantitative estimate of drug-likeness (QED) is 0.775. The molecule has 0 rings (SSSR count). The summed E-state index contributed by atoms with van der Waals surface area (Å²) in [5.74, 6) is 0.569. The van der Waals surface area contributed by atoms with Crippen molar-refractivity contribution in [2.24, 2.45) is 5.41 Å². The lowest BCUT2D eigenvalue weighted by atomic mass is 9.87. The van der Waals surface area contributed by atoms with Gasteiger partial charge in [-0.2, -0.15) is 11.8 Å². The topological polar surface area (TPSA) is 46.2 Å². The molecule has 0 spiro atoms. The van der Waals surface area contributed by atoms with E-state index in [1.54, 1.807) is 11.8 Å². The highest BCUT2D eigenvalue weighted by molar-refractivity contribution is 7.98. The van der Waals surface area contributed by atoms with Crippen LogP contribution >= 0.6 is 11.8 Å². The van der Waals surface area contributed by atoms with Gasteiger partial charge in [-0.25, -0.2) is 0 Å². The molecule has 0 aromatic heterocycles. The van der Waals surface area contributed by atoms with Crippen LogP contribution in [0.5, 0.6) is 0 Å². The van der Waals surface area contributed by atoms with Crippen molar-refractivity contribution in [2.75, 3.05) is 12.0 Å². The summed E-state index contributed by atoms with van der Waals surface area (Å²) >= 11 is 1.56. The fraction of sp³-hybridized carbons (Fsp3) is 0.800. The number of carbonyl (C=O) groups excluding carboxylic acids is 2. The van der Waals surface area contributed by atoms with Gasteiger partial charge in [-0.15, -0.1) is 0 Å². The summed E-state index contributed by atoms with van der Waals surface area (Å²) < 4.78 is 0. The van der Waals surface area contributed by atoms with E-state index < -0.39 is 5.41 Å². The first-order chi connectivity index (χ1) is 6.29. The van der Waals surface area contributed by atoms with Crippen molar-refractivity contribution in [1.29, 1.82) is 0 Å². The van der Waals surface area contributed by atoms with Gasteiger partial charge in [0.25, 0.3) is 0 Å². The Labute approximate surface area is 90.0 Å². The van der Waals surface area contributed by atoms with Gasteiger partial charge in [0, 0.05) is 18.1 Å². The minimum Gasteiger partial charge on any atom is -0.346 e. The molecule has 0 aliphatic heterocycles. The van der Waals surface area contributed by atoms with Gasteiger partial charge < -0.3 is 5.32 Å². The van der Waals surface area contributed by atoms with E-state index in [-0.39, 0.29) is 17.7 Å². The number of nitrogens with one attached hydrogen (secondary N) is 1.